The molecule has 0 aliphatic rings. The second-order valence-electron chi connectivity index (χ2n) is 6.66. The molecule has 0 saturated heterocycles. The average Bonchev–Trinajstić information content (AvgIpc) is 2.76. The molecule has 31 heavy (non-hydrogen) atoms. The highest BCUT2D eigenvalue weighted by Gasteiger charge is 2.24. The highest BCUT2D eigenvalue weighted by atomic mass is 32.2. The van der Waals surface area contributed by atoms with Gasteiger partial charge in [0.05, 0.1) is 11.9 Å². The SMILES string of the molecule is CS(=O)(=O)N(CC(=O)NCCSc1ccccc1)c1ccccc1Oc1ccccc1. The van der Waals surface area contributed by atoms with E-state index in [0.29, 0.717) is 29.5 Å². The second kappa shape index (κ2) is 10.9. The number of para-hydroxylation sites is 3. The molecule has 0 atom stereocenters. The van der Waals surface area contributed by atoms with Crippen molar-refractivity contribution in [2.24, 2.45) is 0 Å². The van der Waals surface area contributed by atoms with E-state index in [9.17, 15) is 13.2 Å². The van der Waals surface area contributed by atoms with E-state index in [1.54, 1.807) is 48.2 Å². The van der Waals surface area contributed by atoms with Crippen LogP contribution in [0.3, 0.4) is 0 Å². The van der Waals surface area contributed by atoms with Gasteiger partial charge >= 0.3 is 0 Å². The predicted molar refractivity (Wildman–Crippen MR) is 125 cm³/mol. The molecule has 0 unspecified atom stereocenters. The van der Waals surface area contributed by atoms with Gasteiger partial charge in [0.25, 0.3) is 0 Å². The summed E-state index contributed by atoms with van der Waals surface area (Å²) >= 11 is 1.62. The topological polar surface area (TPSA) is 75.7 Å². The zero-order chi connectivity index (χ0) is 22.1. The third-order valence-corrected chi connectivity index (χ3v) is 6.37. The van der Waals surface area contributed by atoms with Gasteiger partial charge in [0, 0.05) is 17.2 Å². The van der Waals surface area contributed by atoms with Gasteiger partial charge in [-0.25, -0.2) is 8.42 Å². The van der Waals surface area contributed by atoms with E-state index in [2.05, 4.69) is 5.32 Å². The Balaban J connectivity index is 1.66. The zero-order valence-electron chi connectivity index (χ0n) is 17.1. The molecule has 3 rings (SSSR count). The summed E-state index contributed by atoms with van der Waals surface area (Å²) in [6.07, 6.45) is 1.07. The highest BCUT2D eigenvalue weighted by Crippen LogP contribution is 2.33. The van der Waals surface area contributed by atoms with Gasteiger partial charge < -0.3 is 10.1 Å². The maximum Gasteiger partial charge on any atom is 0.240 e. The van der Waals surface area contributed by atoms with Crippen molar-refractivity contribution in [3.05, 3.63) is 84.9 Å². The van der Waals surface area contributed by atoms with Crippen molar-refractivity contribution in [1.82, 2.24) is 5.32 Å². The number of nitrogens with one attached hydrogen (secondary N) is 1. The van der Waals surface area contributed by atoms with Gasteiger partial charge in [-0.2, -0.15) is 0 Å². The fourth-order valence-corrected chi connectivity index (χ4v) is 4.46. The van der Waals surface area contributed by atoms with Crippen LogP contribution < -0.4 is 14.4 Å². The molecule has 1 amide bonds. The van der Waals surface area contributed by atoms with Gasteiger partial charge in [0.15, 0.2) is 5.75 Å². The number of sulfonamides is 1. The van der Waals surface area contributed by atoms with Crippen LogP contribution in [0.25, 0.3) is 0 Å². The molecule has 8 heteroatoms. The van der Waals surface area contributed by atoms with E-state index in [1.165, 1.54) is 0 Å². The standard InChI is InChI=1S/C23H24N2O4S2/c1-31(27,28)25(18-23(26)24-16-17-30-20-12-6-3-7-13-20)21-14-8-9-15-22(21)29-19-10-4-2-5-11-19/h2-15H,16-18H2,1H3,(H,24,26). The van der Waals surface area contributed by atoms with Crippen LogP contribution >= 0.6 is 11.8 Å². The van der Waals surface area contributed by atoms with Crippen LogP contribution in [-0.2, 0) is 14.8 Å². The summed E-state index contributed by atoms with van der Waals surface area (Å²) in [5.74, 6) is 1.23. The molecular formula is C23H24N2O4S2. The van der Waals surface area contributed by atoms with Crippen LogP contribution in [-0.4, -0.2) is 39.4 Å². The number of anilines is 1. The van der Waals surface area contributed by atoms with E-state index in [-0.39, 0.29) is 12.5 Å². The van der Waals surface area contributed by atoms with Gasteiger partial charge in [-0.3, -0.25) is 9.10 Å². The zero-order valence-corrected chi connectivity index (χ0v) is 18.7. The Morgan fingerprint density at radius 1 is 0.935 bits per heavy atom. The number of benzene rings is 3. The Bertz CT molecular complexity index is 1090. The smallest absolute Gasteiger partial charge is 0.240 e. The number of thioether (sulfide) groups is 1. The first-order chi connectivity index (χ1) is 14.9. The summed E-state index contributed by atoms with van der Waals surface area (Å²) < 4.78 is 31.9. The van der Waals surface area contributed by atoms with Crippen molar-refractivity contribution in [3.8, 4) is 11.5 Å². The predicted octanol–water partition coefficient (Wildman–Crippen LogP) is 4.15. The van der Waals surface area contributed by atoms with Gasteiger partial charge in [0.1, 0.15) is 12.3 Å². The minimum Gasteiger partial charge on any atom is -0.455 e. The lowest BCUT2D eigenvalue weighted by Crippen LogP contribution is -2.41. The summed E-state index contributed by atoms with van der Waals surface area (Å²) in [6.45, 7) is 0.0994. The van der Waals surface area contributed by atoms with Crippen molar-refractivity contribution >= 4 is 33.4 Å². The van der Waals surface area contributed by atoms with Crippen LogP contribution in [0.15, 0.2) is 89.8 Å². The van der Waals surface area contributed by atoms with Crippen molar-refractivity contribution in [2.45, 2.75) is 4.90 Å². The molecule has 0 fully saturated rings. The Hall–Kier alpha value is -2.97. The molecule has 3 aromatic carbocycles. The van der Waals surface area contributed by atoms with Crippen LogP contribution in [0.2, 0.25) is 0 Å². The lowest BCUT2D eigenvalue weighted by Gasteiger charge is -2.24. The van der Waals surface area contributed by atoms with Gasteiger partial charge in [-0.1, -0.05) is 48.5 Å². The Morgan fingerprint density at radius 2 is 1.55 bits per heavy atom. The maximum absolute atomic E-state index is 12.5. The number of hydrogen-bond donors (Lipinski definition) is 1. The third kappa shape index (κ3) is 7.04. The Kier molecular flexibility index (Phi) is 7.97. The molecule has 1 N–H and O–H groups in total. The molecule has 0 saturated carbocycles. The quantitative estimate of drug-likeness (QED) is 0.366. The van der Waals surface area contributed by atoms with Crippen molar-refractivity contribution in [3.63, 3.8) is 0 Å². The van der Waals surface area contributed by atoms with E-state index in [0.717, 1.165) is 15.5 Å². The lowest BCUT2D eigenvalue weighted by atomic mass is 10.3. The normalized spacial score (nSPS) is 11.0. The number of rotatable bonds is 10. The average molecular weight is 457 g/mol. The fourth-order valence-electron chi connectivity index (χ4n) is 2.81. The first kappa shape index (κ1) is 22.7. The third-order valence-electron chi connectivity index (χ3n) is 4.23. The van der Waals surface area contributed by atoms with Crippen molar-refractivity contribution in [1.29, 1.82) is 0 Å². The first-order valence-corrected chi connectivity index (χ1v) is 12.5. The summed E-state index contributed by atoms with van der Waals surface area (Å²) in [7, 11) is -3.71. The minimum absolute atomic E-state index is 0.308. The Morgan fingerprint density at radius 3 is 2.23 bits per heavy atom. The molecule has 6 nitrogen and oxygen atoms in total. The molecule has 0 radical (unpaired) electrons. The molecule has 3 aromatic rings. The van der Waals surface area contributed by atoms with Crippen LogP contribution in [0.4, 0.5) is 5.69 Å². The maximum atomic E-state index is 12.5. The van der Waals surface area contributed by atoms with Gasteiger partial charge in [-0.15, -0.1) is 11.8 Å². The minimum atomic E-state index is -3.71. The monoisotopic (exact) mass is 456 g/mol. The molecular weight excluding hydrogens is 432 g/mol. The van der Waals surface area contributed by atoms with E-state index < -0.39 is 10.0 Å². The number of carbonyl (C=O) groups is 1. The van der Waals surface area contributed by atoms with Gasteiger partial charge in [0.2, 0.25) is 15.9 Å². The van der Waals surface area contributed by atoms with Crippen molar-refractivity contribution < 1.29 is 17.9 Å². The second-order valence-corrected chi connectivity index (χ2v) is 9.74. The van der Waals surface area contributed by atoms with Crippen LogP contribution in [0, 0.1) is 0 Å². The summed E-state index contributed by atoms with van der Waals surface area (Å²) in [4.78, 5) is 13.6. The molecule has 0 bridgehead atoms. The number of amides is 1. The summed E-state index contributed by atoms with van der Waals surface area (Å²) in [5.41, 5.74) is 0.308. The van der Waals surface area contributed by atoms with Crippen molar-refractivity contribution in [2.75, 3.05) is 29.4 Å². The number of hydrogen-bond acceptors (Lipinski definition) is 5. The highest BCUT2D eigenvalue weighted by molar-refractivity contribution is 7.99. The Labute approximate surface area is 187 Å². The van der Waals surface area contributed by atoms with Gasteiger partial charge in [-0.05, 0) is 36.4 Å². The van der Waals surface area contributed by atoms with E-state index in [1.807, 2.05) is 48.5 Å². The molecule has 0 aliphatic carbocycles. The number of ether oxygens (including phenoxy) is 1. The summed E-state index contributed by atoms with van der Waals surface area (Å²) in [6, 6.07) is 25.7. The fraction of sp³-hybridized carbons (Fsp3) is 0.174. The molecule has 0 aromatic heterocycles. The van der Waals surface area contributed by atoms with Crippen LogP contribution in [0.5, 0.6) is 11.5 Å². The number of carbonyl (C=O) groups excluding carboxylic acids is 1. The summed E-state index contributed by atoms with van der Waals surface area (Å²) in [5, 5.41) is 2.79. The van der Waals surface area contributed by atoms with E-state index >= 15 is 0 Å². The first-order valence-electron chi connectivity index (χ1n) is 9.67. The molecule has 0 spiro atoms. The molecule has 0 aliphatic heterocycles. The lowest BCUT2D eigenvalue weighted by molar-refractivity contribution is -0.119. The number of nitrogens with zero attached hydrogens (tertiary/aromatic N) is 1. The molecule has 162 valence electrons. The van der Waals surface area contributed by atoms with Crippen LogP contribution in [0.1, 0.15) is 0 Å². The molecule has 0 heterocycles. The van der Waals surface area contributed by atoms with E-state index in [4.69, 9.17) is 4.74 Å². The largest absolute Gasteiger partial charge is 0.455 e.